The molecule has 15 heavy (non-hydrogen) atoms. The van der Waals surface area contributed by atoms with Crippen LogP contribution in [-0.4, -0.2) is 37.5 Å². The van der Waals surface area contributed by atoms with E-state index < -0.39 is 11.5 Å². The first-order valence-electron chi connectivity index (χ1n) is 5.39. The molecule has 4 nitrogen and oxygen atoms in total. The average Bonchev–Trinajstić information content (AvgIpc) is 2.79. The Bertz CT molecular complexity index is 278. The highest BCUT2D eigenvalue weighted by Crippen LogP contribution is 2.40. The molecule has 2 fully saturated rings. The maximum atomic E-state index is 12.0. The number of carbonyl (C=O) groups excluding carboxylic acids is 2. The second kappa shape index (κ2) is 4.02. The van der Waals surface area contributed by atoms with Crippen molar-refractivity contribution in [2.24, 2.45) is 5.92 Å². The smallest absolute Gasteiger partial charge is 0.177 e. The third kappa shape index (κ3) is 1.72. The number of Topliss-reactive ketones (excluding diaryl/α,β-unsaturated/α-hetero) is 2. The van der Waals surface area contributed by atoms with Crippen LogP contribution in [0.4, 0.5) is 0 Å². The molecule has 0 amide bonds. The molecule has 1 saturated carbocycles. The van der Waals surface area contributed by atoms with Gasteiger partial charge < -0.3 is 9.47 Å². The molecular formula is C11H16O4. The van der Waals surface area contributed by atoms with E-state index >= 15 is 0 Å². The first-order valence-corrected chi connectivity index (χ1v) is 5.39. The molecule has 1 saturated heterocycles. The molecule has 84 valence electrons. The molecule has 0 aromatic rings. The lowest BCUT2D eigenvalue weighted by molar-refractivity contribution is -0.136. The molecule has 2 aliphatic rings. The van der Waals surface area contributed by atoms with Gasteiger partial charge in [0.05, 0.1) is 6.61 Å². The number of carbonyl (C=O) groups is 2. The van der Waals surface area contributed by atoms with Gasteiger partial charge in [0.1, 0.15) is 18.1 Å². The van der Waals surface area contributed by atoms with Crippen molar-refractivity contribution in [3.8, 4) is 0 Å². The summed E-state index contributed by atoms with van der Waals surface area (Å²) in [7, 11) is 1.46. The topological polar surface area (TPSA) is 52.6 Å². The standard InChI is InChI=1S/C11H16O4/c1-14-7-9(12)8-6-15-11(10(8)13)4-2-3-5-11/h8H,2-7H2,1H3. The van der Waals surface area contributed by atoms with Crippen molar-refractivity contribution >= 4 is 11.6 Å². The van der Waals surface area contributed by atoms with Crippen molar-refractivity contribution in [1.29, 1.82) is 0 Å². The molecule has 1 atom stereocenters. The zero-order valence-corrected chi connectivity index (χ0v) is 8.95. The van der Waals surface area contributed by atoms with Gasteiger partial charge in [-0.25, -0.2) is 0 Å². The van der Waals surface area contributed by atoms with Crippen LogP contribution in [0, 0.1) is 5.92 Å². The maximum Gasteiger partial charge on any atom is 0.177 e. The Kier molecular flexibility index (Phi) is 2.89. The minimum absolute atomic E-state index is 0.00977. The normalized spacial score (nSPS) is 28.9. The highest BCUT2D eigenvalue weighted by atomic mass is 16.5. The molecule has 0 aromatic heterocycles. The van der Waals surface area contributed by atoms with Crippen LogP contribution < -0.4 is 0 Å². The Morgan fingerprint density at radius 1 is 1.53 bits per heavy atom. The third-order valence-corrected chi connectivity index (χ3v) is 3.38. The van der Waals surface area contributed by atoms with Gasteiger partial charge in [-0.2, -0.15) is 0 Å². The summed E-state index contributed by atoms with van der Waals surface area (Å²) in [6.45, 7) is 0.261. The van der Waals surface area contributed by atoms with Crippen LogP contribution in [0.1, 0.15) is 25.7 Å². The van der Waals surface area contributed by atoms with Crippen LogP contribution in [0.5, 0.6) is 0 Å². The minimum Gasteiger partial charge on any atom is -0.377 e. The van der Waals surface area contributed by atoms with Crippen molar-refractivity contribution in [2.75, 3.05) is 20.3 Å². The molecule has 1 heterocycles. The van der Waals surface area contributed by atoms with Crippen LogP contribution >= 0.6 is 0 Å². The van der Waals surface area contributed by atoms with Gasteiger partial charge in [-0.3, -0.25) is 9.59 Å². The molecule has 0 radical (unpaired) electrons. The lowest BCUT2D eigenvalue weighted by Gasteiger charge is -2.19. The summed E-state index contributed by atoms with van der Waals surface area (Å²) >= 11 is 0. The number of ketones is 2. The maximum absolute atomic E-state index is 12.0. The molecule has 4 heteroatoms. The first kappa shape index (κ1) is 10.8. The SMILES string of the molecule is COCC(=O)C1COC2(CCCC2)C1=O. The van der Waals surface area contributed by atoms with Crippen LogP contribution in [0.3, 0.4) is 0 Å². The van der Waals surface area contributed by atoms with E-state index in [1.807, 2.05) is 0 Å². The van der Waals surface area contributed by atoms with Gasteiger partial charge in [0, 0.05) is 7.11 Å². The van der Waals surface area contributed by atoms with E-state index in [2.05, 4.69) is 0 Å². The Balaban J connectivity index is 2.06. The fourth-order valence-electron chi connectivity index (χ4n) is 2.53. The lowest BCUT2D eigenvalue weighted by Crippen LogP contribution is -2.37. The predicted octanol–water partition coefficient (Wildman–Crippen LogP) is 0.730. The van der Waals surface area contributed by atoms with Crippen molar-refractivity contribution in [3.63, 3.8) is 0 Å². The summed E-state index contributed by atoms with van der Waals surface area (Å²) in [5, 5.41) is 0. The predicted molar refractivity (Wildman–Crippen MR) is 52.5 cm³/mol. The monoisotopic (exact) mass is 212 g/mol. The van der Waals surface area contributed by atoms with Gasteiger partial charge >= 0.3 is 0 Å². The fraction of sp³-hybridized carbons (Fsp3) is 0.818. The summed E-state index contributed by atoms with van der Waals surface area (Å²) in [6.07, 6.45) is 3.61. The summed E-state index contributed by atoms with van der Waals surface area (Å²) in [6, 6.07) is 0. The Labute approximate surface area is 88.9 Å². The van der Waals surface area contributed by atoms with Crippen LogP contribution in [0.25, 0.3) is 0 Å². The number of hydrogen-bond donors (Lipinski definition) is 0. The van der Waals surface area contributed by atoms with Crippen molar-refractivity contribution < 1.29 is 19.1 Å². The molecule has 1 spiro atoms. The van der Waals surface area contributed by atoms with Gasteiger partial charge in [0.15, 0.2) is 11.6 Å². The van der Waals surface area contributed by atoms with Crippen molar-refractivity contribution in [3.05, 3.63) is 0 Å². The van der Waals surface area contributed by atoms with E-state index in [9.17, 15) is 9.59 Å². The zero-order chi connectivity index (χ0) is 10.9. The largest absolute Gasteiger partial charge is 0.377 e. The number of rotatable bonds is 3. The van der Waals surface area contributed by atoms with Crippen LogP contribution in [-0.2, 0) is 19.1 Å². The van der Waals surface area contributed by atoms with E-state index in [-0.39, 0.29) is 24.8 Å². The number of ether oxygens (including phenoxy) is 2. The lowest BCUT2D eigenvalue weighted by atomic mass is 9.89. The summed E-state index contributed by atoms with van der Waals surface area (Å²) < 4.78 is 10.3. The Morgan fingerprint density at radius 3 is 2.80 bits per heavy atom. The average molecular weight is 212 g/mol. The second-order valence-corrected chi connectivity index (χ2v) is 4.33. The van der Waals surface area contributed by atoms with E-state index in [0.29, 0.717) is 0 Å². The fourth-order valence-corrected chi connectivity index (χ4v) is 2.53. The second-order valence-electron chi connectivity index (χ2n) is 4.33. The van der Waals surface area contributed by atoms with E-state index in [0.717, 1.165) is 25.7 Å². The molecule has 2 rings (SSSR count). The molecule has 1 unspecified atom stereocenters. The zero-order valence-electron chi connectivity index (χ0n) is 8.95. The molecular weight excluding hydrogens is 196 g/mol. The Morgan fingerprint density at radius 2 is 2.20 bits per heavy atom. The Hall–Kier alpha value is -0.740. The number of methoxy groups -OCH3 is 1. The van der Waals surface area contributed by atoms with Crippen molar-refractivity contribution in [2.45, 2.75) is 31.3 Å². The van der Waals surface area contributed by atoms with E-state index in [1.165, 1.54) is 7.11 Å². The first-order chi connectivity index (χ1) is 7.19. The highest BCUT2D eigenvalue weighted by Gasteiger charge is 2.52. The van der Waals surface area contributed by atoms with Gasteiger partial charge in [-0.15, -0.1) is 0 Å². The molecule has 0 N–H and O–H groups in total. The summed E-state index contributed by atoms with van der Waals surface area (Å²) in [4.78, 5) is 23.6. The highest BCUT2D eigenvalue weighted by molar-refractivity contribution is 6.08. The minimum atomic E-state index is -0.617. The summed E-state index contributed by atoms with van der Waals surface area (Å²) in [5.41, 5.74) is -0.617. The molecule has 1 aliphatic heterocycles. The van der Waals surface area contributed by atoms with Gasteiger partial charge in [-0.1, -0.05) is 0 Å². The van der Waals surface area contributed by atoms with Crippen molar-refractivity contribution in [1.82, 2.24) is 0 Å². The number of hydrogen-bond acceptors (Lipinski definition) is 4. The van der Waals surface area contributed by atoms with Gasteiger partial charge in [0.2, 0.25) is 0 Å². The quantitative estimate of drug-likeness (QED) is 0.647. The molecule has 0 bridgehead atoms. The third-order valence-electron chi connectivity index (χ3n) is 3.38. The molecule has 1 aliphatic carbocycles. The van der Waals surface area contributed by atoms with E-state index in [1.54, 1.807) is 0 Å². The van der Waals surface area contributed by atoms with Crippen LogP contribution in [0.15, 0.2) is 0 Å². The van der Waals surface area contributed by atoms with Gasteiger partial charge in [-0.05, 0) is 25.7 Å². The molecule has 0 aromatic carbocycles. The van der Waals surface area contributed by atoms with Crippen LogP contribution in [0.2, 0.25) is 0 Å². The summed E-state index contributed by atoms with van der Waals surface area (Å²) in [5.74, 6) is -0.739. The van der Waals surface area contributed by atoms with E-state index in [4.69, 9.17) is 9.47 Å². The van der Waals surface area contributed by atoms with Gasteiger partial charge in [0.25, 0.3) is 0 Å².